The lowest BCUT2D eigenvalue weighted by molar-refractivity contribution is 0.457. The largest absolute Gasteiger partial charge is 0.449 e. The summed E-state index contributed by atoms with van der Waals surface area (Å²) in [5.41, 5.74) is 2.24. The summed E-state index contributed by atoms with van der Waals surface area (Å²) in [4.78, 5) is 8.92. The highest BCUT2D eigenvalue weighted by atomic mass is 16.3. The topological polar surface area (TPSA) is 43.9 Å². The van der Waals surface area contributed by atoms with Crippen LogP contribution < -0.4 is 0 Å². The fourth-order valence-corrected chi connectivity index (χ4v) is 2.33. The zero-order chi connectivity index (χ0) is 14.5. The Morgan fingerprint density at radius 1 is 1.20 bits per heavy atom. The Bertz CT molecular complexity index is 527. The van der Waals surface area contributed by atoms with Crippen LogP contribution in [0.2, 0.25) is 0 Å². The van der Waals surface area contributed by atoms with Crippen LogP contribution in [0, 0.1) is 11.8 Å². The van der Waals surface area contributed by atoms with Crippen LogP contribution in [0.15, 0.2) is 23.2 Å². The van der Waals surface area contributed by atoms with E-state index in [1.54, 1.807) is 0 Å². The zero-order valence-electron chi connectivity index (χ0n) is 13.0. The molecule has 0 spiro atoms. The van der Waals surface area contributed by atoms with Crippen LogP contribution in [0.5, 0.6) is 0 Å². The van der Waals surface area contributed by atoms with Crippen LogP contribution in [0.25, 0.3) is 0 Å². The molecular formula is C16H25N3O. The van der Waals surface area contributed by atoms with Crippen LogP contribution >= 0.6 is 0 Å². The number of nitrogens with zero attached hydrogens (tertiary/aromatic N) is 3. The van der Waals surface area contributed by atoms with Crippen molar-refractivity contribution >= 4 is 0 Å². The van der Waals surface area contributed by atoms with Crippen molar-refractivity contribution in [1.82, 2.24) is 14.5 Å². The fourth-order valence-electron chi connectivity index (χ4n) is 2.33. The van der Waals surface area contributed by atoms with Crippen molar-refractivity contribution in [3.8, 4) is 0 Å². The maximum Gasteiger partial charge on any atom is 0.194 e. The second-order valence-electron chi connectivity index (χ2n) is 6.21. The van der Waals surface area contributed by atoms with E-state index in [2.05, 4.69) is 36.9 Å². The Morgan fingerprint density at radius 3 is 2.65 bits per heavy atom. The van der Waals surface area contributed by atoms with Crippen LogP contribution in [-0.4, -0.2) is 14.5 Å². The van der Waals surface area contributed by atoms with E-state index in [1.807, 2.05) is 24.2 Å². The zero-order valence-corrected chi connectivity index (χ0v) is 13.0. The average Bonchev–Trinajstić information content (AvgIpc) is 2.96. The van der Waals surface area contributed by atoms with Gasteiger partial charge in [-0.05, 0) is 31.1 Å². The van der Waals surface area contributed by atoms with Crippen molar-refractivity contribution in [1.29, 1.82) is 0 Å². The number of aromatic nitrogens is 3. The summed E-state index contributed by atoms with van der Waals surface area (Å²) in [7, 11) is 2.01. The molecule has 0 N–H and O–H groups in total. The smallest absolute Gasteiger partial charge is 0.194 e. The maximum absolute atomic E-state index is 5.50. The lowest BCUT2D eigenvalue weighted by Gasteiger charge is -2.07. The summed E-state index contributed by atoms with van der Waals surface area (Å²) in [6.07, 6.45) is 9.80. The fraction of sp³-hybridized carbons (Fsp3) is 0.625. The van der Waals surface area contributed by atoms with Gasteiger partial charge in [0.2, 0.25) is 0 Å². The van der Waals surface area contributed by atoms with Crippen LogP contribution in [0.1, 0.15) is 44.5 Å². The summed E-state index contributed by atoms with van der Waals surface area (Å²) in [6, 6.07) is 0. The number of imidazole rings is 1. The molecule has 2 aromatic rings. The van der Waals surface area contributed by atoms with Gasteiger partial charge in [-0.15, -0.1) is 0 Å². The molecule has 0 aliphatic carbocycles. The third-order valence-corrected chi connectivity index (χ3v) is 3.39. The molecule has 4 nitrogen and oxygen atoms in total. The highest BCUT2D eigenvalue weighted by Crippen LogP contribution is 2.15. The molecule has 110 valence electrons. The summed E-state index contributed by atoms with van der Waals surface area (Å²) < 4.78 is 7.50. The Balaban J connectivity index is 1.78. The van der Waals surface area contributed by atoms with Gasteiger partial charge in [0.15, 0.2) is 5.89 Å². The van der Waals surface area contributed by atoms with Gasteiger partial charge in [0.25, 0.3) is 0 Å². The van der Waals surface area contributed by atoms with E-state index in [-0.39, 0.29) is 0 Å². The average molecular weight is 275 g/mol. The predicted octanol–water partition coefficient (Wildman–Crippen LogP) is 3.42. The van der Waals surface area contributed by atoms with Gasteiger partial charge in [-0.25, -0.2) is 9.97 Å². The molecule has 0 aliphatic heterocycles. The monoisotopic (exact) mass is 275 g/mol. The second kappa shape index (κ2) is 6.73. The lowest BCUT2D eigenvalue weighted by atomic mass is 9.99. The van der Waals surface area contributed by atoms with Gasteiger partial charge in [0, 0.05) is 19.7 Å². The number of aryl methyl sites for hydroxylation is 2. The van der Waals surface area contributed by atoms with Gasteiger partial charge in [-0.2, -0.15) is 0 Å². The molecule has 2 heterocycles. The van der Waals surface area contributed by atoms with E-state index in [9.17, 15) is 0 Å². The summed E-state index contributed by atoms with van der Waals surface area (Å²) in [5, 5.41) is 0. The van der Waals surface area contributed by atoms with Crippen molar-refractivity contribution in [2.24, 2.45) is 18.9 Å². The van der Waals surface area contributed by atoms with Gasteiger partial charge >= 0.3 is 0 Å². The molecule has 1 unspecified atom stereocenters. The number of hydrogen-bond donors (Lipinski definition) is 0. The van der Waals surface area contributed by atoms with E-state index in [0.29, 0.717) is 11.8 Å². The van der Waals surface area contributed by atoms with Crippen molar-refractivity contribution in [3.63, 3.8) is 0 Å². The molecule has 4 heteroatoms. The molecule has 0 radical (unpaired) electrons. The van der Waals surface area contributed by atoms with Crippen molar-refractivity contribution in [2.45, 2.75) is 46.5 Å². The number of rotatable bonds is 7. The Labute approximate surface area is 121 Å². The van der Waals surface area contributed by atoms with Gasteiger partial charge < -0.3 is 8.98 Å². The lowest BCUT2D eigenvalue weighted by Crippen LogP contribution is -2.02. The minimum absolute atomic E-state index is 0.588. The summed E-state index contributed by atoms with van der Waals surface area (Å²) >= 11 is 0. The Morgan fingerprint density at radius 2 is 2.00 bits per heavy atom. The molecular weight excluding hydrogens is 250 g/mol. The Kier molecular flexibility index (Phi) is 4.99. The van der Waals surface area contributed by atoms with Gasteiger partial charge in [-0.1, -0.05) is 20.8 Å². The van der Waals surface area contributed by atoms with Gasteiger partial charge in [0.05, 0.1) is 17.7 Å². The third-order valence-electron chi connectivity index (χ3n) is 3.39. The van der Waals surface area contributed by atoms with Gasteiger partial charge in [0.1, 0.15) is 6.26 Å². The molecule has 1 atom stereocenters. The number of hydrogen-bond acceptors (Lipinski definition) is 3. The summed E-state index contributed by atoms with van der Waals surface area (Å²) in [5.74, 6) is 2.06. The molecule has 0 bridgehead atoms. The molecule has 0 aromatic carbocycles. The summed E-state index contributed by atoms with van der Waals surface area (Å²) in [6.45, 7) is 6.63. The predicted molar refractivity (Wildman–Crippen MR) is 79.4 cm³/mol. The highest BCUT2D eigenvalue weighted by Gasteiger charge is 2.10. The second-order valence-corrected chi connectivity index (χ2v) is 6.21. The van der Waals surface area contributed by atoms with E-state index in [4.69, 9.17) is 4.42 Å². The molecule has 2 aromatic heterocycles. The van der Waals surface area contributed by atoms with E-state index in [1.165, 1.54) is 5.69 Å². The van der Waals surface area contributed by atoms with Crippen LogP contribution in [-0.2, 0) is 26.3 Å². The van der Waals surface area contributed by atoms with E-state index in [0.717, 1.165) is 37.3 Å². The SMILES string of the molecule is CC(C)Cc1nc(CCC(C)Cc2cn(C)cn2)co1. The standard InChI is InChI=1S/C16H25N3O/c1-12(2)7-16-18-14(10-20-16)6-5-13(3)8-15-9-19(4)11-17-15/h9-13H,5-8H2,1-4H3. The highest BCUT2D eigenvalue weighted by molar-refractivity contribution is 5.00. The minimum atomic E-state index is 0.588. The molecule has 0 saturated carbocycles. The van der Waals surface area contributed by atoms with Crippen LogP contribution in [0.4, 0.5) is 0 Å². The first kappa shape index (κ1) is 14.8. The first-order chi connectivity index (χ1) is 9.52. The van der Waals surface area contributed by atoms with Crippen molar-refractivity contribution in [3.05, 3.63) is 36.1 Å². The third kappa shape index (κ3) is 4.51. The molecule has 0 aliphatic rings. The maximum atomic E-state index is 5.50. The number of oxazole rings is 1. The van der Waals surface area contributed by atoms with E-state index >= 15 is 0 Å². The molecule has 20 heavy (non-hydrogen) atoms. The van der Waals surface area contributed by atoms with Crippen LogP contribution in [0.3, 0.4) is 0 Å². The first-order valence-corrected chi connectivity index (χ1v) is 7.43. The van der Waals surface area contributed by atoms with E-state index < -0.39 is 0 Å². The molecule has 0 amide bonds. The van der Waals surface area contributed by atoms with Crippen molar-refractivity contribution < 1.29 is 4.42 Å². The van der Waals surface area contributed by atoms with Crippen molar-refractivity contribution in [2.75, 3.05) is 0 Å². The molecule has 2 rings (SSSR count). The Hall–Kier alpha value is -1.58. The van der Waals surface area contributed by atoms with Gasteiger partial charge in [-0.3, -0.25) is 0 Å². The quantitative estimate of drug-likeness (QED) is 0.777. The normalized spacial score (nSPS) is 13.1. The minimum Gasteiger partial charge on any atom is -0.449 e. The molecule has 0 saturated heterocycles. The molecule has 0 fully saturated rings. The first-order valence-electron chi connectivity index (χ1n) is 7.43.